The summed E-state index contributed by atoms with van der Waals surface area (Å²) in [6, 6.07) is 7.64. The molecule has 2 aromatic rings. The number of hydrogen-bond donors (Lipinski definition) is 2. The second kappa shape index (κ2) is 7.14. The number of morpholine rings is 1. The summed E-state index contributed by atoms with van der Waals surface area (Å²) in [5.41, 5.74) is 0.260. The molecule has 2 heterocycles. The van der Waals surface area contributed by atoms with E-state index in [0.717, 1.165) is 24.3 Å². The largest absolute Gasteiger partial charge is 0.488 e. The number of H-pyrrole nitrogens is 1. The molecule has 0 radical (unpaired) electrons. The fourth-order valence-corrected chi connectivity index (χ4v) is 2.57. The average molecular weight is 344 g/mol. The maximum Gasteiger partial charge on any atom is 0.354 e. The van der Waals surface area contributed by atoms with Crippen LogP contribution in [0.1, 0.15) is 11.3 Å². The number of nitro groups is 1. The number of nitrogens with zero attached hydrogens (tertiary/aromatic N) is 3. The van der Waals surface area contributed by atoms with E-state index in [4.69, 9.17) is 4.74 Å². The Balaban J connectivity index is 1.83. The summed E-state index contributed by atoms with van der Waals surface area (Å²) in [6.45, 7) is 3.06. The first-order valence-corrected chi connectivity index (χ1v) is 7.63. The first-order valence-electron chi connectivity index (χ1n) is 7.63. The number of benzene rings is 1. The van der Waals surface area contributed by atoms with Crippen LogP contribution in [0.3, 0.4) is 0 Å². The minimum Gasteiger partial charge on any atom is -0.488 e. The van der Waals surface area contributed by atoms with E-state index in [1.54, 1.807) is 6.08 Å². The van der Waals surface area contributed by atoms with Crippen molar-refractivity contribution < 1.29 is 14.8 Å². The third kappa shape index (κ3) is 3.83. The Morgan fingerprint density at radius 3 is 2.56 bits per heavy atom. The van der Waals surface area contributed by atoms with Crippen LogP contribution in [0.25, 0.3) is 12.2 Å². The second-order valence-electron chi connectivity index (χ2n) is 5.41. The van der Waals surface area contributed by atoms with Gasteiger partial charge in [-0.05, 0) is 23.8 Å². The third-order valence-electron chi connectivity index (χ3n) is 3.81. The SMILES string of the molecule is O=c1nc(O)c([N+](=O)[O-])c(C=Cc2ccc(N3CCOCC3)cc2)[nH]1. The van der Waals surface area contributed by atoms with Gasteiger partial charge in [0.25, 0.3) is 5.88 Å². The van der Waals surface area contributed by atoms with Crippen molar-refractivity contribution in [1.29, 1.82) is 0 Å². The molecule has 1 fully saturated rings. The van der Waals surface area contributed by atoms with E-state index < -0.39 is 22.2 Å². The van der Waals surface area contributed by atoms with Gasteiger partial charge in [0.15, 0.2) is 0 Å². The highest BCUT2D eigenvalue weighted by molar-refractivity contribution is 5.73. The van der Waals surface area contributed by atoms with Crippen molar-refractivity contribution in [2.75, 3.05) is 31.2 Å². The van der Waals surface area contributed by atoms with Crippen molar-refractivity contribution in [3.63, 3.8) is 0 Å². The molecule has 9 heteroatoms. The monoisotopic (exact) mass is 344 g/mol. The smallest absolute Gasteiger partial charge is 0.354 e. The zero-order chi connectivity index (χ0) is 17.8. The minimum atomic E-state index is -0.906. The molecule has 0 amide bonds. The molecule has 0 aliphatic carbocycles. The molecule has 1 aliphatic heterocycles. The molecule has 2 N–H and O–H groups in total. The van der Waals surface area contributed by atoms with Crippen LogP contribution in [0.15, 0.2) is 29.1 Å². The van der Waals surface area contributed by atoms with Crippen molar-refractivity contribution in [2.45, 2.75) is 0 Å². The number of nitrogens with one attached hydrogen (secondary N) is 1. The predicted octanol–water partition coefficient (Wildman–Crippen LogP) is 1.39. The van der Waals surface area contributed by atoms with Gasteiger partial charge >= 0.3 is 11.4 Å². The van der Waals surface area contributed by atoms with Gasteiger partial charge in [0.2, 0.25) is 0 Å². The van der Waals surface area contributed by atoms with Crippen LogP contribution in [0.4, 0.5) is 11.4 Å². The van der Waals surface area contributed by atoms with Gasteiger partial charge in [-0.15, -0.1) is 0 Å². The summed E-state index contributed by atoms with van der Waals surface area (Å²) in [7, 11) is 0. The Morgan fingerprint density at radius 2 is 1.92 bits per heavy atom. The summed E-state index contributed by atoms with van der Waals surface area (Å²) in [5.74, 6) is -0.906. The average Bonchev–Trinajstić information content (AvgIpc) is 2.60. The van der Waals surface area contributed by atoms with Crippen molar-refractivity contribution in [1.82, 2.24) is 9.97 Å². The molecule has 0 spiro atoms. The second-order valence-corrected chi connectivity index (χ2v) is 5.41. The van der Waals surface area contributed by atoms with Gasteiger partial charge in [0, 0.05) is 18.8 Å². The van der Waals surface area contributed by atoms with Crippen LogP contribution in [0.5, 0.6) is 5.88 Å². The quantitative estimate of drug-likeness (QED) is 0.635. The van der Waals surface area contributed by atoms with Gasteiger partial charge in [-0.3, -0.25) is 15.1 Å². The molecule has 1 aromatic heterocycles. The van der Waals surface area contributed by atoms with Crippen LogP contribution < -0.4 is 10.6 Å². The summed E-state index contributed by atoms with van der Waals surface area (Å²) in [5, 5.41) is 20.5. The van der Waals surface area contributed by atoms with Crippen molar-refractivity contribution in [3.05, 3.63) is 56.1 Å². The molecule has 0 unspecified atom stereocenters. The summed E-state index contributed by atoms with van der Waals surface area (Å²) < 4.78 is 5.32. The van der Waals surface area contributed by atoms with Crippen LogP contribution in [-0.2, 0) is 4.74 Å². The fourth-order valence-electron chi connectivity index (χ4n) is 2.57. The number of ether oxygens (including phenoxy) is 1. The molecule has 25 heavy (non-hydrogen) atoms. The molecule has 0 saturated carbocycles. The highest BCUT2D eigenvalue weighted by atomic mass is 16.6. The Labute approximate surface area is 142 Å². The minimum absolute atomic E-state index is 0.111. The topological polar surface area (TPSA) is 122 Å². The van der Waals surface area contributed by atoms with Crippen LogP contribution in [0.2, 0.25) is 0 Å². The molecule has 0 atom stereocenters. The third-order valence-corrected chi connectivity index (χ3v) is 3.81. The van der Waals surface area contributed by atoms with Crippen LogP contribution in [0, 0.1) is 10.1 Å². The van der Waals surface area contributed by atoms with E-state index in [0.29, 0.717) is 13.2 Å². The molecular formula is C16H16N4O5. The van der Waals surface area contributed by atoms with E-state index in [1.165, 1.54) is 6.08 Å². The summed E-state index contributed by atoms with van der Waals surface area (Å²) in [4.78, 5) is 29.1. The molecule has 3 rings (SSSR count). The maximum absolute atomic E-state index is 11.3. The Kier molecular flexibility index (Phi) is 4.75. The van der Waals surface area contributed by atoms with E-state index in [9.17, 15) is 20.0 Å². The zero-order valence-electron chi connectivity index (χ0n) is 13.2. The van der Waals surface area contributed by atoms with Gasteiger partial charge in [-0.25, -0.2) is 4.79 Å². The molecule has 0 bridgehead atoms. The first kappa shape index (κ1) is 16.7. The van der Waals surface area contributed by atoms with Gasteiger partial charge in [-0.2, -0.15) is 4.98 Å². The number of aromatic amines is 1. The molecule has 9 nitrogen and oxygen atoms in total. The molecular weight excluding hydrogens is 328 g/mol. The summed E-state index contributed by atoms with van der Waals surface area (Å²) in [6.07, 6.45) is 2.98. The number of rotatable bonds is 4. The number of aromatic hydroxyl groups is 1. The lowest BCUT2D eigenvalue weighted by Gasteiger charge is -2.28. The van der Waals surface area contributed by atoms with E-state index >= 15 is 0 Å². The Bertz CT molecular complexity index is 854. The molecule has 1 aromatic carbocycles. The van der Waals surface area contributed by atoms with Gasteiger partial charge in [0.05, 0.1) is 18.1 Å². The highest BCUT2D eigenvalue weighted by Crippen LogP contribution is 2.26. The lowest BCUT2D eigenvalue weighted by atomic mass is 10.1. The lowest BCUT2D eigenvalue weighted by molar-refractivity contribution is -0.386. The number of anilines is 1. The number of aromatic nitrogens is 2. The van der Waals surface area contributed by atoms with Gasteiger partial charge in [-0.1, -0.05) is 18.2 Å². The highest BCUT2D eigenvalue weighted by Gasteiger charge is 2.21. The number of hydrogen-bond acceptors (Lipinski definition) is 7. The fraction of sp³-hybridized carbons (Fsp3) is 0.250. The molecule has 1 saturated heterocycles. The van der Waals surface area contributed by atoms with Gasteiger partial charge < -0.3 is 14.7 Å². The van der Waals surface area contributed by atoms with Crippen molar-refractivity contribution in [3.8, 4) is 5.88 Å². The van der Waals surface area contributed by atoms with E-state index in [-0.39, 0.29) is 5.69 Å². The van der Waals surface area contributed by atoms with Crippen LogP contribution in [-0.4, -0.2) is 46.3 Å². The van der Waals surface area contributed by atoms with Crippen molar-refractivity contribution in [2.24, 2.45) is 0 Å². The molecule has 1 aliphatic rings. The standard InChI is InChI=1S/C16H16N4O5/c21-15-14(20(23)24)13(17-16(22)18-15)6-3-11-1-4-12(5-2-11)19-7-9-25-10-8-19/h1-6H,7-10H2,(H2,17,18,21,22). The first-order chi connectivity index (χ1) is 12.0. The predicted molar refractivity (Wildman–Crippen MR) is 91.6 cm³/mol. The Hall–Kier alpha value is -3.20. The Morgan fingerprint density at radius 1 is 1.24 bits per heavy atom. The van der Waals surface area contributed by atoms with Gasteiger partial charge in [0.1, 0.15) is 5.69 Å². The normalized spacial score (nSPS) is 14.8. The van der Waals surface area contributed by atoms with Crippen LogP contribution >= 0.6 is 0 Å². The lowest BCUT2D eigenvalue weighted by Crippen LogP contribution is -2.36. The maximum atomic E-state index is 11.3. The van der Waals surface area contributed by atoms with E-state index in [1.807, 2.05) is 24.3 Å². The van der Waals surface area contributed by atoms with E-state index in [2.05, 4.69) is 14.9 Å². The zero-order valence-corrected chi connectivity index (χ0v) is 13.2. The van der Waals surface area contributed by atoms with Crippen molar-refractivity contribution >= 4 is 23.5 Å². The molecule has 130 valence electrons. The summed E-state index contributed by atoms with van der Waals surface area (Å²) >= 11 is 0.